The Morgan fingerprint density at radius 2 is 1.79 bits per heavy atom. The second-order valence-corrected chi connectivity index (χ2v) is 7.58. The van der Waals surface area contributed by atoms with E-state index >= 15 is 0 Å². The number of pyridine rings is 1. The van der Waals surface area contributed by atoms with Crippen LogP contribution < -0.4 is 0 Å². The summed E-state index contributed by atoms with van der Waals surface area (Å²) in [5.41, 5.74) is 3.63. The van der Waals surface area contributed by atoms with Crippen molar-refractivity contribution in [3.63, 3.8) is 0 Å². The number of nitrogens with zero attached hydrogens (tertiary/aromatic N) is 4. The number of para-hydroxylation sites is 1. The highest BCUT2D eigenvalue weighted by Gasteiger charge is 2.21. The first kappa shape index (κ1) is 18.7. The highest BCUT2D eigenvalue weighted by Crippen LogP contribution is 2.21. The minimum absolute atomic E-state index is 0.275. The van der Waals surface area contributed by atoms with Gasteiger partial charge in [0.2, 0.25) is 5.91 Å². The minimum atomic E-state index is 0.275. The smallest absolute Gasteiger partial charge is 0.222 e. The van der Waals surface area contributed by atoms with Crippen molar-refractivity contribution in [2.75, 3.05) is 32.7 Å². The molecular weight excluding hydrogens is 348 g/mol. The number of amides is 1. The monoisotopic (exact) mass is 376 g/mol. The molecule has 2 aromatic heterocycles. The Bertz CT molecular complexity index is 926. The summed E-state index contributed by atoms with van der Waals surface area (Å²) in [6.45, 7) is 4.57. The number of carbonyl (C=O) groups is 1. The zero-order valence-electron chi connectivity index (χ0n) is 16.6. The van der Waals surface area contributed by atoms with Gasteiger partial charge in [-0.05, 0) is 30.2 Å². The van der Waals surface area contributed by atoms with E-state index in [2.05, 4.69) is 58.0 Å². The van der Waals surface area contributed by atoms with Crippen molar-refractivity contribution in [3.8, 4) is 0 Å². The molecule has 4 rings (SSSR count). The predicted octanol–water partition coefficient (Wildman–Crippen LogP) is 2.89. The van der Waals surface area contributed by atoms with Gasteiger partial charge in [-0.3, -0.25) is 14.7 Å². The van der Waals surface area contributed by atoms with E-state index in [9.17, 15) is 4.79 Å². The van der Waals surface area contributed by atoms with Crippen molar-refractivity contribution in [1.82, 2.24) is 19.4 Å². The number of hydrogen-bond acceptors (Lipinski definition) is 3. The van der Waals surface area contributed by atoms with Crippen LogP contribution >= 0.6 is 0 Å². The maximum atomic E-state index is 12.7. The Labute approximate surface area is 166 Å². The van der Waals surface area contributed by atoms with E-state index in [0.717, 1.165) is 51.3 Å². The first-order valence-electron chi connectivity index (χ1n) is 10.1. The number of rotatable bonds is 6. The average Bonchev–Trinajstić information content (AvgIpc) is 3.07. The summed E-state index contributed by atoms with van der Waals surface area (Å²) in [4.78, 5) is 21.5. The number of carbonyl (C=O) groups excluding carboxylic acids is 1. The van der Waals surface area contributed by atoms with Crippen molar-refractivity contribution >= 4 is 16.8 Å². The number of piperazine rings is 1. The molecule has 146 valence electrons. The number of benzene rings is 1. The normalized spacial score (nSPS) is 15.2. The summed E-state index contributed by atoms with van der Waals surface area (Å²) in [6.07, 6.45) is 6.37. The van der Waals surface area contributed by atoms with E-state index in [1.54, 1.807) is 0 Å². The molecule has 5 heteroatoms. The Morgan fingerprint density at radius 3 is 2.57 bits per heavy atom. The molecule has 0 saturated carbocycles. The summed E-state index contributed by atoms with van der Waals surface area (Å²) in [5.74, 6) is 0.275. The second-order valence-electron chi connectivity index (χ2n) is 7.58. The molecule has 0 atom stereocenters. The fourth-order valence-electron chi connectivity index (χ4n) is 4.06. The lowest BCUT2D eigenvalue weighted by atomic mass is 10.1. The minimum Gasteiger partial charge on any atom is -0.350 e. The van der Waals surface area contributed by atoms with E-state index in [4.69, 9.17) is 0 Å². The Balaban J connectivity index is 1.25. The van der Waals surface area contributed by atoms with E-state index in [0.29, 0.717) is 6.42 Å². The number of aryl methyl sites for hydroxylation is 2. The molecule has 0 N–H and O–H groups in total. The highest BCUT2D eigenvalue weighted by molar-refractivity contribution is 5.85. The predicted molar refractivity (Wildman–Crippen MR) is 112 cm³/mol. The molecule has 3 heterocycles. The van der Waals surface area contributed by atoms with Crippen LogP contribution in [-0.2, 0) is 24.7 Å². The zero-order chi connectivity index (χ0) is 19.3. The third-order valence-electron chi connectivity index (χ3n) is 5.72. The summed E-state index contributed by atoms with van der Waals surface area (Å²) < 4.78 is 2.15. The van der Waals surface area contributed by atoms with Crippen LogP contribution in [0.15, 0.2) is 54.9 Å². The summed E-state index contributed by atoms with van der Waals surface area (Å²) in [6, 6.07) is 14.5. The summed E-state index contributed by atoms with van der Waals surface area (Å²) >= 11 is 0. The van der Waals surface area contributed by atoms with Crippen molar-refractivity contribution in [2.24, 2.45) is 7.05 Å². The van der Waals surface area contributed by atoms with Crippen LogP contribution in [-0.4, -0.2) is 58.0 Å². The molecule has 1 amide bonds. The number of hydrogen-bond donors (Lipinski definition) is 0. The quantitative estimate of drug-likeness (QED) is 0.664. The summed E-state index contributed by atoms with van der Waals surface area (Å²) in [5, 5.41) is 1.26. The standard InChI is InChI=1S/C23H28N4O/c1-25-18-19(21-7-2-3-8-22(21)25)9-10-23(28)27-16-14-26(15-17-27)13-11-20-6-4-5-12-24-20/h2-8,12,18H,9-11,13-17H2,1H3. The lowest BCUT2D eigenvalue weighted by Crippen LogP contribution is -2.49. The molecule has 28 heavy (non-hydrogen) atoms. The van der Waals surface area contributed by atoms with Crippen LogP contribution in [0, 0.1) is 0 Å². The van der Waals surface area contributed by atoms with Gasteiger partial charge in [-0.1, -0.05) is 24.3 Å². The SMILES string of the molecule is Cn1cc(CCC(=O)N2CCN(CCc3ccccn3)CC2)c2ccccc21. The molecule has 5 nitrogen and oxygen atoms in total. The molecule has 0 radical (unpaired) electrons. The number of aromatic nitrogens is 2. The maximum Gasteiger partial charge on any atom is 0.222 e. The van der Waals surface area contributed by atoms with Crippen molar-refractivity contribution in [1.29, 1.82) is 0 Å². The topological polar surface area (TPSA) is 41.4 Å². The third-order valence-corrected chi connectivity index (χ3v) is 5.72. The summed E-state index contributed by atoms with van der Waals surface area (Å²) in [7, 11) is 2.07. The van der Waals surface area contributed by atoms with Gasteiger partial charge in [0.25, 0.3) is 0 Å². The van der Waals surface area contributed by atoms with Crippen molar-refractivity contribution in [2.45, 2.75) is 19.3 Å². The maximum absolute atomic E-state index is 12.7. The molecule has 0 bridgehead atoms. The molecule has 3 aromatic rings. The van der Waals surface area contributed by atoms with Crippen LogP contribution in [0.25, 0.3) is 10.9 Å². The van der Waals surface area contributed by atoms with Crippen LogP contribution in [0.1, 0.15) is 17.7 Å². The molecule has 1 aromatic carbocycles. The molecule has 1 aliphatic rings. The first-order chi connectivity index (χ1) is 13.7. The van der Waals surface area contributed by atoms with Gasteiger partial charge in [-0.2, -0.15) is 0 Å². The lowest BCUT2D eigenvalue weighted by Gasteiger charge is -2.34. The van der Waals surface area contributed by atoms with Gasteiger partial charge in [-0.25, -0.2) is 0 Å². The third kappa shape index (κ3) is 4.25. The molecule has 1 fully saturated rings. The Hall–Kier alpha value is -2.66. The molecule has 1 saturated heterocycles. The Morgan fingerprint density at radius 1 is 1.00 bits per heavy atom. The van der Waals surface area contributed by atoms with Crippen LogP contribution in [0.5, 0.6) is 0 Å². The van der Waals surface area contributed by atoms with Gasteiger partial charge in [0.1, 0.15) is 0 Å². The van der Waals surface area contributed by atoms with Crippen molar-refractivity contribution in [3.05, 3.63) is 66.1 Å². The molecule has 0 aliphatic carbocycles. The van der Waals surface area contributed by atoms with Gasteiger partial charge in [0.05, 0.1) is 0 Å². The van der Waals surface area contributed by atoms with Gasteiger partial charge in [0.15, 0.2) is 0 Å². The second kappa shape index (κ2) is 8.57. The Kier molecular flexibility index (Phi) is 5.72. The zero-order valence-corrected chi connectivity index (χ0v) is 16.6. The van der Waals surface area contributed by atoms with Crippen molar-refractivity contribution < 1.29 is 4.79 Å². The molecule has 1 aliphatic heterocycles. The first-order valence-corrected chi connectivity index (χ1v) is 10.1. The van der Waals surface area contributed by atoms with E-state index in [1.807, 2.05) is 23.2 Å². The molecule has 0 spiro atoms. The van der Waals surface area contributed by atoms with Crippen LogP contribution in [0.2, 0.25) is 0 Å². The van der Waals surface area contributed by atoms with Crippen LogP contribution in [0.4, 0.5) is 0 Å². The fraction of sp³-hybridized carbons (Fsp3) is 0.391. The van der Waals surface area contributed by atoms with E-state index in [1.165, 1.54) is 16.5 Å². The van der Waals surface area contributed by atoms with E-state index < -0.39 is 0 Å². The molecule has 0 unspecified atom stereocenters. The van der Waals surface area contributed by atoms with E-state index in [-0.39, 0.29) is 5.91 Å². The fourth-order valence-corrected chi connectivity index (χ4v) is 4.06. The lowest BCUT2D eigenvalue weighted by molar-refractivity contribution is -0.132. The van der Waals surface area contributed by atoms with Gasteiger partial charge in [0, 0.05) is 81.6 Å². The largest absolute Gasteiger partial charge is 0.350 e. The number of fused-ring (bicyclic) bond motifs is 1. The van der Waals surface area contributed by atoms with Crippen LogP contribution in [0.3, 0.4) is 0 Å². The van der Waals surface area contributed by atoms with Gasteiger partial charge < -0.3 is 9.47 Å². The highest BCUT2D eigenvalue weighted by atomic mass is 16.2. The molecular formula is C23H28N4O. The average molecular weight is 377 g/mol. The van der Waals surface area contributed by atoms with Gasteiger partial charge in [-0.15, -0.1) is 0 Å². The van der Waals surface area contributed by atoms with Gasteiger partial charge >= 0.3 is 0 Å².